The van der Waals surface area contributed by atoms with Crippen molar-refractivity contribution < 1.29 is 18.0 Å². The van der Waals surface area contributed by atoms with Gasteiger partial charge in [0, 0.05) is 22.3 Å². The third kappa shape index (κ3) is 6.12. The average molecular weight is 515 g/mol. The molecule has 3 rings (SSSR count). The normalized spacial score (nSPS) is 11.4. The molecule has 0 radical (unpaired) electrons. The van der Waals surface area contributed by atoms with Crippen LogP contribution in [0.1, 0.15) is 28.4 Å². The fourth-order valence-corrected chi connectivity index (χ4v) is 4.70. The maximum Gasteiger partial charge on any atom is 0.243 e. The number of ketones is 1. The molecule has 8 heteroatoms. The summed E-state index contributed by atoms with van der Waals surface area (Å²) in [5.74, 6) is -0.626. The molecule has 3 aromatic rings. The van der Waals surface area contributed by atoms with Gasteiger partial charge in [-0.1, -0.05) is 57.9 Å². The molecule has 1 N–H and O–H groups in total. The van der Waals surface area contributed by atoms with E-state index in [9.17, 15) is 18.0 Å². The summed E-state index contributed by atoms with van der Waals surface area (Å²) >= 11 is 3.31. The summed E-state index contributed by atoms with van der Waals surface area (Å²) in [7, 11) is -3.94. The second-order valence-corrected chi connectivity index (χ2v) is 10.3. The number of Topliss-reactive ketones (excluding diaryl/α,β-unsaturated/α-hetero) is 1. The average Bonchev–Trinajstić information content (AvgIpc) is 2.75. The van der Waals surface area contributed by atoms with E-state index in [0.29, 0.717) is 11.3 Å². The van der Waals surface area contributed by atoms with Gasteiger partial charge in [-0.15, -0.1) is 0 Å². The van der Waals surface area contributed by atoms with Gasteiger partial charge >= 0.3 is 0 Å². The summed E-state index contributed by atoms with van der Waals surface area (Å²) in [6.45, 7) is 3.05. The van der Waals surface area contributed by atoms with Crippen molar-refractivity contribution in [3.8, 4) is 0 Å². The highest BCUT2D eigenvalue weighted by molar-refractivity contribution is 9.10. The number of aryl methyl sites for hydroxylation is 1. The predicted octanol–water partition coefficient (Wildman–Crippen LogP) is 4.79. The number of hydrogen-bond acceptors (Lipinski definition) is 4. The van der Waals surface area contributed by atoms with Crippen molar-refractivity contribution in [3.05, 3.63) is 94.0 Å². The number of nitrogens with zero attached hydrogens (tertiary/aromatic N) is 1. The minimum absolute atomic E-state index is 0.0413. The first-order valence-electron chi connectivity index (χ1n) is 9.87. The number of benzene rings is 3. The first kappa shape index (κ1) is 23.8. The van der Waals surface area contributed by atoms with E-state index >= 15 is 0 Å². The molecule has 0 bridgehead atoms. The van der Waals surface area contributed by atoms with Gasteiger partial charge in [0.2, 0.25) is 15.9 Å². The summed E-state index contributed by atoms with van der Waals surface area (Å²) in [6.07, 6.45) is 0. The topological polar surface area (TPSA) is 83.6 Å². The molecule has 0 heterocycles. The van der Waals surface area contributed by atoms with Gasteiger partial charge in [0.05, 0.1) is 11.4 Å². The standard InChI is InChI=1S/C24H23BrN2O4S/c1-17-6-8-19(9-7-17)15-27(32(30,31)23-12-10-21(25)11-13-23)16-24(29)26-22-5-3-4-20(14-22)18(2)28/h3-14H,15-16H2,1-2H3,(H,26,29). The van der Waals surface area contributed by atoms with E-state index < -0.39 is 15.9 Å². The molecule has 1 amide bonds. The van der Waals surface area contributed by atoms with Crippen LogP contribution in [0.15, 0.2) is 82.2 Å². The van der Waals surface area contributed by atoms with Gasteiger partial charge in [-0.05, 0) is 55.8 Å². The van der Waals surface area contributed by atoms with Crippen molar-refractivity contribution in [1.29, 1.82) is 0 Å². The van der Waals surface area contributed by atoms with E-state index in [0.717, 1.165) is 19.9 Å². The third-order valence-corrected chi connectivity index (χ3v) is 7.14. The number of hydrogen-bond donors (Lipinski definition) is 1. The Kier molecular flexibility index (Phi) is 7.60. The van der Waals surface area contributed by atoms with Crippen molar-refractivity contribution in [1.82, 2.24) is 4.31 Å². The van der Waals surface area contributed by atoms with Gasteiger partial charge in [-0.3, -0.25) is 9.59 Å². The first-order chi connectivity index (χ1) is 15.1. The Bertz CT molecular complexity index is 1220. The maximum atomic E-state index is 13.3. The number of rotatable bonds is 8. The molecule has 32 heavy (non-hydrogen) atoms. The van der Waals surface area contributed by atoms with Crippen molar-refractivity contribution in [2.24, 2.45) is 0 Å². The summed E-state index contributed by atoms with van der Waals surface area (Å²) in [6, 6.07) is 20.3. The van der Waals surface area contributed by atoms with Crippen LogP contribution in [0.4, 0.5) is 5.69 Å². The van der Waals surface area contributed by atoms with Crippen molar-refractivity contribution in [2.45, 2.75) is 25.3 Å². The fraction of sp³-hybridized carbons (Fsp3) is 0.167. The van der Waals surface area contributed by atoms with E-state index in [1.165, 1.54) is 19.1 Å². The molecule has 0 atom stereocenters. The Labute approximate surface area is 196 Å². The predicted molar refractivity (Wildman–Crippen MR) is 128 cm³/mol. The van der Waals surface area contributed by atoms with Gasteiger partial charge < -0.3 is 5.32 Å². The SMILES string of the molecule is CC(=O)c1cccc(NC(=O)CN(Cc2ccc(C)cc2)S(=O)(=O)c2ccc(Br)cc2)c1. The number of nitrogens with one attached hydrogen (secondary N) is 1. The molecule has 0 unspecified atom stereocenters. The van der Waals surface area contributed by atoms with Gasteiger partial charge in [0.25, 0.3) is 0 Å². The Morgan fingerprint density at radius 3 is 2.25 bits per heavy atom. The Hall–Kier alpha value is -2.81. The van der Waals surface area contributed by atoms with E-state index in [1.807, 2.05) is 31.2 Å². The zero-order chi connectivity index (χ0) is 23.3. The van der Waals surface area contributed by atoms with Crippen LogP contribution >= 0.6 is 15.9 Å². The number of sulfonamides is 1. The Balaban J connectivity index is 1.87. The first-order valence-corrected chi connectivity index (χ1v) is 12.1. The van der Waals surface area contributed by atoms with Gasteiger partial charge in [0.15, 0.2) is 5.78 Å². The van der Waals surface area contributed by atoms with E-state index in [2.05, 4.69) is 21.2 Å². The van der Waals surface area contributed by atoms with Crippen molar-refractivity contribution in [3.63, 3.8) is 0 Å². The number of carbonyl (C=O) groups is 2. The minimum Gasteiger partial charge on any atom is -0.325 e. The van der Waals surface area contributed by atoms with E-state index in [4.69, 9.17) is 0 Å². The molecule has 0 aliphatic heterocycles. The van der Waals surface area contributed by atoms with Crippen LogP contribution in [0.25, 0.3) is 0 Å². The summed E-state index contributed by atoms with van der Waals surface area (Å²) in [5, 5.41) is 2.69. The molecule has 0 aliphatic rings. The molecule has 3 aromatic carbocycles. The molecule has 6 nitrogen and oxygen atoms in total. The largest absolute Gasteiger partial charge is 0.325 e. The third-order valence-electron chi connectivity index (χ3n) is 4.80. The van der Waals surface area contributed by atoms with Gasteiger partial charge in [0.1, 0.15) is 0 Å². The Morgan fingerprint density at radius 1 is 0.969 bits per heavy atom. The van der Waals surface area contributed by atoms with Crippen LogP contribution in [-0.2, 0) is 21.4 Å². The zero-order valence-electron chi connectivity index (χ0n) is 17.7. The highest BCUT2D eigenvalue weighted by atomic mass is 79.9. The summed E-state index contributed by atoms with van der Waals surface area (Å²) < 4.78 is 28.6. The van der Waals surface area contributed by atoms with Crippen LogP contribution < -0.4 is 5.32 Å². The number of anilines is 1. The number of amides is 1. The van der Waals surface area contributed by atoms with Crippen LogP contribution in [0.3, 0.4) is 0 Å². The molecular weight excluding hydrogens is 492 g/mol. The lowest BCUT2D eigenvalue weighted by Gasteiger charge is -2.22. The van der Waals surface area contributed by atoms with Crippen LogP contribution in [0.2, 0.25) is 0 Å². The quantitative estimate of drug-likeness (QED) is 0.438. The minimum atomic E-state index is -3.94. The summed E-state index contributed by atoms with van der Waals surface area (Å²) in [5.41, 5.74) is 2.71. The molecule has 0 saturated heterocycles. The molecule has 0 fully saturated rings. The van der Waals surface area contributed by atoms with Crippen LogP contribution in [-0.4, -0.2) is 31.0 Å². The zero-order valence-corrected chi connectivity index (χ0v) is 20.1. The second kappa shape index (κ2) is 10.2. The Morgan fingerprint density at radius 2 is 1.62 bits per heavy atom. The lowest BCUT2D eigenvalue weighted by atomic mass is 10.1. The molecule has 0 saturated carbocycles. The van der Waals surface area contributed by atoms with Gasteiger partial charge in [-0.25, -0.2) is 8.42 Å². The van der Waals surface area contributed by atoms with E-state index in [-0.39, 0.29) is 23.8 Å². The molecule has 0 aromatic heterocycles. The van der Waals surface area contributed by atoms with Crippen LogP contribution in [0, 0.1) is 6.92 Å². The van der Waals surface area contributed by atoms with Crippen LogP contribution in [0.5, 0.6) is 0 Å². The molecule has 166 valence electrons. The highest BCUT2D eigenvalue weighted by Gasteiger charge is 2.27. The fourth-order valence-electron chi connectivity index (χ4n) is 3.06. The molecule has 0 aliphatic carbocycles. The van der Waals surface area contributed by atoms with Gasteiger partial charge in [-0.2, -0.15) is 4.31 Å². The summed E-state index contributed by atoms with van der Waals surface area (Å²) in [4.78, 5) is 24.5. The maximum absolute atomic E-state index is 13.3. The lowest BCUT2D eigenvalue weighted by Crippen LogP contribution is -2.37. The van der Waals surface area contributed by atoms with Crippen molar-refractivity contribution in [2.75, 3.05) is 11.9 Å². The number of halogens is 1. The molecular formula is C24H23BrN2O4S. The van der Waals surface area contributed by atoms with Crippen molar-refractivity contribution >= 4 is 43.3 Å². The highest BCUT2D eigenvalue weighted by Crippen LogP contribution is 2.21. The smallest absolute Gasteiger partial charge is 0.243 e. The van der Waals surface area contributed by atoms with E-state index in [1.54, 1.807) is 36.4 Å². The molecule has 0 spiro atoms. The second-order valence-electron chi connectivity index (χ2n) is 7.40. The monoisotopic (exact) mass is 514 g/mol. The number of carbonyl (C=O) groups excluding carboxylic acids is 2. The lowest BCUT2D eigenvalue weighted by molar-refractivity contribution is -0.116.